The number of thiophene rings is 1. The van der Waals surface area contributed by atoms with Crippen LogP contribution in [0.2, 0.25) is 0 Å². The summed E-state index contributed by atoms with van der Waals surface area (Å²) in [4.78, 5) is 10.9. The lowest BCUT2D eigenvalue weighted by Crippen LogP contribution is -2.03. The maximum atomic E-state index is 5.52. The van der Waals surface area contributed by atoms with Crippen molar-refractivity contribution in [1.29, 1.82) is 0 Å². The van der Waals surface area contributed by atoms with Crippen LogP contribution in [0.4, 0.5) is 0 Å². The van der Waals surface area contributed by atoms with Gasteiger partial charge in [-0.3, -0.25) is 4.57 Å². The van der Waals surface area contributed by atoms with Crippen molar-refractivity contribution in [1.82, 2.24) is 14.5 Å². The zero-order valence-electron chi connectivity index (χ0n) is 28.0. The molecule has 0 bridgehead atoms. The molecule has 242 valence electrons. The van der Waals surface area contributed by atoms with E-state index in [1.807, 2.05) is 11.3 Å². The van der Waals surface area contributed by atoms with Gasteiger partial charge in [0.2, 0.25) is 5.95 Å². The van der Waals surface area contributed by atoms with E-state index >= 15 is 0 Å². The Bertz CT molecular complexity index is 3180. The van der Waals surface area contributed by atoms with Gasteiger partial charge in [-0.25, -0.2) is 9.97 Å². The predicted octanol–water partition coefficient (Wildman–Crippen LogP) is 13.2. The van der Waals surface area contributed by atoms with Gasteiger partial charge < -0.3 is 0 Å². The Hall–Kier alpha value is -6.62. The molecule has 3 heterocycles. The SMILES string of the molecule is c1ccc(-c2ccc3c(-c4ccc5c(c4)sc4ccccc45)nc(-n4c5cc6ccccc6cc5c5c(-c6ccccc6)cccc54)nc3c2)cc1. The minimum atomic E-state index is 0.657. The van der Waals surface area contributed by atoms with Crippen LogP contribution < -0.4 is 0 Å². The molecule has 0 amide bonds. The largest absolute Gasteiger partial charge is 0.278 e. The second-order valence-corrected chi connectivity index (χ2v) is 14.5. The summed E-state index contributed by atoms with van der Waals surface area (Å²) in [6.07, 6.45) is 0. The minimum absolute atomic E-state index is 0.657. The highest BCUT2D eigenvalue weighted by molar-refractivity contribution is 7.25. The number of nitrogens with zero attached hydrogens (tertiary/aromatic N) is 3. The van der Waals surface area contributed by atoms with Crippen molar-refractivity contribution in [3.8, 4) is 39.5 Å². The van der Waals surface area contributed by atoms with Gasteiger partial charge in [0.15, 0.2) is 0 Å². The number of benzene rings is 8. The first-order valence-electron chi connectivity index (χ1n) is 17.6. The quantitative estimate of drug-likeness (QED) is 0.185. The summed E-state index contributed by atoms with van der Waals surface area (Å²) in [6, 6.07) is 63.1. The van der Waals surface area contributed by atoms with E-state index in [2.05, 4.69) is 180 Å². The molecular formula is C48H29N3S. The number of hydrogen-bond donors (Lipinski definition) is 0. The Morgan fingerprint density at radius 2 is 1.10 bits per heavy atom. The first-order valence-corrected chi connectivity index (χ1v) is 18.4. The zero-order valence-corrected chi connectivity index (χ0v) is 28.8. The number of rotatable bonds is 4. The summed E-state index contributed by atoms with van der Waals surface area (Å²) in [5.41, 5.74) is 9.75. The molecule has 0 radical (unpaired) electrons. The summed E-state index contributed by atoms with van der Waals surface area (Å²) in [6.45, 7) is 0. The van der Waals surface area contributed by atoms with E-state index in [-0.39, 0.29) is 0 Å². The fraction of sp³-hybridized carbons (Fsp3) is 0. The van der Waals surface area contributed by atoms with Crippen LogP contribution >= 0.6 is 11.3 Å². The van der Waals surface area contributed by atoms with Crippen molar-refractivity contribution >= 4 is 75.0 Å². The Balaban J connectivity index is 1.24. The highest BCUT2D eigenvalue weighted by Crippen LogP contribution is 2.42. The summed E-state index contributed by atoms with van der Waals surface area (Å²) in [5, 5.41) is 8.37. The van der Waals surface area contributed by atoms with Crippen LogP contribution in [-0.4, -0.2) is 14.5 Å². The van der Waals surface area contributed by atoms with E-state index in [4.69, 9.17) is 9.97 Å². The monoisotopic (exact) mass is 679 g/mol. The molecule has 8 aromatic carbocycles. The lowest BCUT2D eigenvalue weighted by Gasteiger charge is -2.13. The third-order valence-corrected chi connectivity index (χ3v) is 11.5. The van der Waals surface area contributed by atoms with Crippen molar-refractivity contribution in [3.63, 3.8) is 0 Å². The zero-order chi connectivity index (χ0) is 34.2. The molecule has 4 heteroatoms. The molecule has 0 aliphatic heterocycles. The molecule has 52 heavy (non-hydrogen) atoms. The average molecular weight is 680 g/mol. The molecule has 0 saturated heterocycles. The number of hydrogen-bond acceptors (Lipinski definition) is 3. The van der Waals surface area contributed by atoms with Gasteiger partial charge in [0.25, 0.3) is 0 Å². The van der Waals surface area contributed by atoms with Crippen molar-refractivity contribution in [2.24, 2.45) is 0 Å². The normalized spacial score (nSPS) is 11.8. The van der Waals surface area contributed by atoms with Gasteiger partial charge in [-0.2, -0.15) is 0 Å². The molecule has 0 aliphatic rings. The maximum absolute atomic E-state index is 5.52. The number of fused-ring (bicyclic) bond motifs is 8. The second kappa shape index (κ2) is 11.5. The molecule has 0 unspecified atom stereocenters. The van der Waals surface area contributed by atoms with Gasteiger partial charge in [0.1, 0.15) is 0 Å². The molecule has 0 spiro atoms. The smallest absolute Gasteiger partial charge is 0.235 e. The van der Waals surface area contributed by atoms with Gasteiger partial charge in [0.05, 0.1) is 22.2 Å². The third kappa shape index (κ3) is 4.51. The summed E-state index contributed by atoms with van der Waals surface area (Å²) < 4.78 is 4.82. The van der Waals surface area contributed by atoms with Crippen LogP contribution in [0.1, 0.15) is 0 Å². The van der Waals surface area contributed by atoms with E-state index in [1.54, 1.807) is 0 Å². The van der Waals surface area contributed by atoms with Crippen LogP contribution in [0.15, 0.2) is 176 Å². The fourth-order valence-electron chi connectivity index (χ4n) is 7.95. The Morgan fingerprint density at radius 3 is 1.94 bits per heavy atom. The summed E-state index contributed by atoms with van der Waals surface area (Å²) in [5.74, 6) is 0.657. The summed E-state index contributed by atoms with van der Waals surface area (Å²) in [7, 11) is 0. The van der Waals surface area contributed by atoms with Gasteiger partial charge >= 0.3 is 0 Å². The van der Waals surface area contributed by atoms with E-state index < -0.39 is 0 Å². The highest BCUT2D eigenvalue weighted by atomic mass is 32.1. The van der Waals surface area contributed by atoms with Crippen LogP contribution in [0.25, 0.3) is 103 Å². The van der Waals surface area contributed by atoms with E-state index in [0.717, 1.165) is 44.3 Å². The Kier molecular flexibility index (Phi) is 6.42. The van der Waals surface area contributed by atoms with E-state index in [1.165, 1.54) is 52.8 Å². The van der Waals surface area contributed by atoms with Gasteiger partial charge in [-0.05, 0) is 75.5 Å². The standard InChI is InChI=1S/C48H29N3S/c1-3-12-30(13-4-1)34-22-25-39-41(27-34)49-48(50-47(39)35-23-24-38-37-18-9-10-21-44(37)52-45(38)29-35)51-42-20-11-19-36(31-14-5-2-6-15-31)46(42)40-26-32-16-7-8-17-33(32)28-43(40)51/h1-29H. The lowest BCUT2D eigenvalue weighted by molar-refractivity contribution is 1.01. The maximum Gasteiger partial charge on any atom is 0.235 e. The lowest BCUT2D eigenvalue weighted by atomic mass is 9.98. The minimum Gasteiger partial charge on any atom is -0.278 e. The first-order chi connectivity index (χ1) is 25.8. The Labute approximate surface area is 303 Å². The van der Waals surface area contributed by atoms with E-state index in [0.29, 0.717) is 5.95 Å². The van der Waals surface area contributed by atoms with Crippen molar-refractivity contribution < 1.29 is 0 Å². The van der Waals surface area contributed by atoms with Gasteiger partial charge in [-0.1, -0.05) is 133 Å². The van der Waals surface area contributed by atoms with Crippen molar-refractivity contribution in [3.05, 3.63) is 176 Å². The molecule has 0 N–H and O–H groups in total. The Morgan fingerprint density at radius 1 is 0.404 bits per heavy atom. The van der Waals surface area contributed by atoms with E-state index in [9.17, 15) is 0 Å². The number of aromatic nitrogens is 3. The first kappa shape index (κ1) is 29.1. The van der Waals surface area contributed by atoms with Crippen molar-refractivity contribution in [2.75, 3.05) is 0 Å². The molecule has 0 atom stereocenters. The predicted molar refractivity (Wildman–Crippen MR) is 221 cm³/mol. The molecule has 11 aromatic rings. The third-order valence-electron chi connectivity index (χ3n) is 10.4. The molecular weight excluding hydrogens is 651 g/mol. The highest BCUT2D eigenvalue weighted by Gasteiger charge is 2.21. The van der Waals surface area contributed by atoms with Gasteiger partial charge in [-0.15, -0.1) is 11.3 Å². The molecule has 0 aliphatic carbocycles. The van der Waals surface area contributed by atoms with Crippen LogP contribution in [0.5, 0.6) is 0 Å². The van der Waals surface area contributed by atoms with Crippen LogP contribution in [0.3, 0.4) is 0 Å². The van der Waals surface area contributed by atoms with Crippen LogP contribution in [-0.2, 0) is 0 Å². The second-order valence-electron chi connectivity index (χ2n) is 13.4. The molecule has 3 nitrogen and oxygen atoms in total. The van der Waals surface area contributed by atoms with Gasteiger partial charge in [0, 0.05) is 41.9 Å². The molecule has 3 aromatic heterocycles. The van der Waals surface area contributed by atoms with Crippen LogP contribution in [0, 0.1) is 0 Å². The fourth-order valence-corrected chi connectivity index (χ4v) is 9.09. The summed E-state index contributed by atoms with van der Waals surface area (Å²) >= 11 is 1.83. The topological polar surface area (TPSA) is 30.7 Å². The molecule has 0 fully saturated rings. The molecule has 0 saturated carbocycles. The average Bonchev–Trinajstić information content (AvgIpc) is 3.75. The van der Waals surface area contributed by atoms with Crippen molar-refractivity contribution in [2.45, 2.75) is 0 Å². The molecule has 11 rings (SSSR count).